The van der Waals surface area contributed by atoms with Gasteiger partial charge in [-0.1, -0.05) is 45.0 Å². The molecule has 1 aromatic heterocycles. The highest BCUT2D eigenvalue weighted by Gasteiger charge is 2.16. The summed E-state index contributed by atoms with van der Waals surface area (Å²) in [7, 11) is 0. The Bertz CT molecular complexity index is 1250. The molecule has 8 heteroatoms. The van der Waals surface area contributed by atoms with Crippen molar-refractivity contribution in [3.05, 3.63) is 75.8 Å². The van der Waals surface area contributed by atoms with Crippen LogP contribution >= 0.6 is 0 Å². The van der Waals surface area contributed by atoms with Crippen molar-refractivity contribution >= 4 is 22.8 Å². The lowest BCUT2D eigenvalue weighted by molar-refractivity contribution is -0.144. The molecule has 0 aliphatic heterocycles. The summed E-state index contributed by atoms with van der Waals surface area (Å²) in [4.78, 5) is 41.4. The monoisotopic (exact) mass is 432 g/mol. The van der Waals surface area contributed by atoms with Crippen molar-refractivity contribution in [2.75, 3.05) is 6.54 Å². The number of esters is 1. The average molecular weight is 432 g/mol. The van der Waals surface area contributed by atoms with E-state index >= 15 is 0 Å². The molecule has 0 unspecified atom stereocenters. The second-order valence-electron chi connectivity index (χ2n) is 8.27. The number of rotatable bonds is 6. The van der Waals surface area contributed by atoms with E-state index in [2.05, 4.69) is 31.1 Å². The molecule has 0 spiro atoms. The third kappa shape index (κ3) is 5.19. The normalized spacial score (nSPS) is 11.1. The fraction of sp³-hybridized carbons (Fsp3) is 0.292. The van der Waals surface area contributed by atoms with Gasteiger partial charge in [0, 0.05) is 5.56 Å². The zero-order chi connectivity index (χ0) is 23.3. The lowest BCUT2D eigenvalue weighted by Gasteiger charge is -2.19. The molecule has 1 amide bonds. The summed E-state index contributed by atoms with van der Waals surface area (Å²) in [6.07, 6.45) is 0. The Morgan fingerprint density at radius 1 is 1.12 bits per heavy atom. The van der Waals surface area contributed by atoms with Gasteiger partial charge in [-0.2, -0.15) is 5.26 Å². The predicted molar refractivity (Wildman–Crippen MR) is 119 cm³/mol. The molecular formula is C24H24N4O4. The highest BCUT2D eigenvalue weighted by Crippen LogP contribution is 2.22. The zero-order valence-electron chi connectivity index (χ0n) is 18.2. The Hall–Kier alpha value is -3.99. The molecule has 1 N–H and O–H groups in total. The van der Waals surface area contributed by atoms with Crippen LogP contribution in [0, 0.1) is 11.3 Å². The van der Waals surface area contributed by atoms with Gasteiger partial charge in [0.05, 0.1) is 17.0 Å². The van der Waals surface area contributed by atoms with Crippen molar-refractivity contribution in [2.45, 2.75) is 39.3 Å². The molecule has 0 aliphatic carbocycles. The van der Waals surface area contributed by atoms with E-state index in [1.807, 2.05) is 18.2 Å². The summed E-state index contributed by atoms with van der Waals surface area (Å²) in [5, 5.41) is 11.9. The first kappa shape index (κ1) is 22.7. The standard InChI is InChI=1S/C24H24N4O4/c1-24(2,3)17-10-8-16(9-11-17)22(30)26-14-21(29)32-15-20-27-19-7-5-4-6-18(19)23(31)28(20)13-12-25/h4-11H,13-15H2,1-3H3,(H,26,30). The second kappa shape index (κ2) is 9.43. The summed E-state index contributed by atoms with van der Waals surface area (Å²) in [5.41, 5.74) is 1.58. The van der Waals surface area contributed by atoms with Gasteiger partial charge >= 0.3 is 5.97 Å². The van der Waals surface area contributed by atoms with Gasteiger partial charge in [-0.05, 0) is 35.2 Å². The van der Waals surface area contributed by atoms with Crippen molar-refractivity contribution in [1.29, 1.82) is 5.26 Å². The van der Waals surface area contributed by atoms with Crippen molar-refractivity contribution in [3.63, 3.8) is 0 Å². The Morgan fingerprint density at radius 2 is 1.81 bits per heavy atom. The van der Waals surface area contributed by atoms with Gasteiger partial charge in [0.1, 0.15) is 19.7 Å². The Morgan fingerprint density at radius 3 is 2.47 bits per heavy atom. The van der Waals surface area contributed by atoms with E-state index < -0.39 is 11.9 Å². The third-order valence-electron chi connectivity index (χ3n) is 4.94. The minimum Gasteiger partial charge on any atom is -0.456 e. The number of nitrogens with zero attached hydrogens (tertiary/aromatic N) is 3. The van der Waals surface area contributed by atoms with E-state index in [-0.39, 0.29) is 36.5 Å². The Kier molecular flexibility index (Phi) is 6.69. The first-order valence-electron chi connectivity index (χ1n) is 10.1. The van der Waals surface area contributed by atoms with Crippen LogP contribution in [0.4, 0.5) is 0 Å². The van der Waals surface area contributed by atoms with E-state index in [1.165, 1.54) is 4.57 Å². The smallest absolute Gasteiger partial charge is 0.325 e. The van der Waals surface area contributed by atoms with Crippen LogP contribution in [-0.2, 0) is 28.1 Å². The third-order valence-corrected chi connectivity index (χ3v) is 4.94. The van der Waals surface area contributed by atoms with Crippen molar-refractivity contribution < 1.29 is 14.3 Å². The number of para-hydroxylation sites is 1. The molecule has 2 aromatic carbocycles. The largest absolute Gasteiger partial charge is 0.456 e. The molecule has 3 aromatic rings. The van der Waals surface area contributed by atoms with Gasteiger partial charge < -0.3 is 10.1 Å². The van der Waals surface area contributed by atoms with E-state index in [4.69, 9.17) is 10.00 Å². The van der Waals surface area contributed by atoms with Gasteiger partial charge in [-0.25, -0.2) is 4.98 Å². The molecule has 3 rings (SSSR count). The molecule has 8 nitrogen and oxygen atoms in total. The van der Waals surface area contributed by atoms with Crippen molar-refractivity contribution in [2.24, 2.45) is 0 Å². The Balaban J connectivity index is 1.63. The summed E-state index contributed by atoms with van der Waals surface area (Å²) in [5.74, 6) is -0.920. The Labute approximate surface area is 185 Å². The van der Waals surface area contributed by atoms with Crippen LogP contribution in [0.2, 0.25) is 0 Å². The number of nitrogens with one attached hydrogen (secondary N) is 1. The van der Waals surface area contributed by atoms with Gasteiger partial charge in [0.2, 0.25) is 0 Å². The topological polar surface area (TPSA) is 114 Å². The van der Waals surface area contributed by atoms with Crippen molar-refractivity contribution in [3.8, 4) is 6.07 Å². The van der Waals surface area contributed by atoms with E-state index in [0.717, 1.165) is 5.56 Å². The first-order valence-corrected chi connectivity index (χ1v) is 10.1. The number of nitriles is 1. The van der Waals surface area contributed by atoms with Crippen LogP contribution < -0.4 is 10.9 Å². The highest BCUT2D eigenvalue weighted by atomic mass is 16.5. The molecular weight excluding hydrogens is 408 g/mol. The lowest BCUT2D eigenvalue weighted by Crippen LogP contribution is -2.31. The number of hydrogen-bond acceptors (Lipinski definition) is 6. The molecule has 0 atom stereocenters. The van der Waals surface area contributed by atoms with Crippen LogP contribution in [0.15, 0.2) is 53.3 Å². The van der Waals surface area contributed by atoms with Gasteiger partial charge in [0.25, 0.3) is 11.5 Å². The zero-order valence-corrected chi connectivity index (χ0v) is 18.2. The maximum Gasteiger partial charge on any atom is 0.325 e. The molecule has 0 saturated heterocycles. The first-order chi connectivity index (χ1) is 15.2. The summed E-state index contributed by atoms with van der Waals surface area (Å²) >= 11 is 0. The molecule has 0 saturated carbocycles. The molecule has 0 bridgehead atoms. The van der Waals surface area contributed by atoms with Gasteiger partial charge in [-0.15, -0.1) is 0 Å². The van der Waals surface area contributed by atoms with E-state index in [0.29, 0.717) is 16.5 Å². The van der Waals surface area contributed by atoms with Crippen molar-refractivity contribution in [1.82, 2.24) is 14.9 Å². The summed E-state index contributed by atoms with van der Waals surface area (Å²) < 4.78 is 6.36. The SMILES string of the molecule is CC(C)(C)c1ccc(C(=O)NCC(=O)OCc2nc3ccccc3c(=O)n2CC#N)cc1. The second-order valence-corrected chi connectivity index (χ2v) is 8.27. The van der Waals surface area contributed by atoms with Gasteiger partial charge in [-0.3, -0.25) is 19.0 Å². The number of carbonyl (C=O) groups excluding carboxylic acids is 2. The number of hydrogen-bond donors (Lipinski definition) is 1. The van der Waals surface area contributed by atoms with Crippen LogP contribution in [0.5, 0.6) is 0 Å². The number of amides is 1. The fourth-order valence-electron chi connectivity index (χ4n) is 3.13. The average Bonchev–Trinajstić information content (AvgIpc) is 2.77. The number of ether oxygens (including phenoxy) is 1. The highest BCUT2D eigenvalue weighted by molar-refractivity contribution is 5.95. The number of fused-ring (bicyclic) bond motifs is 1. The maximum absolute atomic E-state index is 12.6. The molecule has 0 aliphatic rings. The van der Waals surface area contributed by atoms with Crippen LogP contribution in [0.25, 0.3) is 10.9 Å². The minimum absolute atomic E-state index is 0.0258. The number of aromatic nitrogens is 2. The van der Waals surface area contributed by atoms with E-state index in [1.54, 1.807) is 36.4 Å². The number of carbonyl (C=O) groups is 2. The minimum atomic E-state index is -0.685. The molecule has 0 radical (unpaired) electrons. The quantitative estimate of drug-likeness (QED) is 0.599. The summed E-state index contributed by atoms with van der Waals surface area (Å²) in [6, 6.07) is 15.8. The van der Waals surface area contributed by atoms with E-state index in [9.17, 15) is 14.4 Å². The molecule has 164 valence electrons. The lowest BCUT2D eigenvalue weighted by atomic mass is 9.87. The fourth-order valence-corrected chi connectivity index (χ4v) is 3.13. The van der Waals surface area contributed by atoms with Gasteiger partial charge in [0.15, 0.2) is 5.82 Å². The van der Waals surface area contributed by atoms with Crippen LogP contribution in [0.3, 0.4) is 0 Å². The molecule has 1 heterocycles. The molecule has 32 heavy (non-hydrogen) atoms. The molecule has 0 fully saturated rings. The predicted octanol–water partition coefficient (Wildman–Crippen LogP) is 2.69. The number of benzene rings is 2. The maximum atomic E-state index is 12.6. The van der Waals surface area contributed by atoms with Crippen LogP contribution in [0.1, 0.15) is 42.5 Å². The summed E-state index contributed by atoms with van der Waals surface area (Å²) in [6.45, 7) is 5.40. The van der Waals surface area contributed by atoms with Crippen LogP contribution in [-0.4, -0.2) is 28.0 Å².